The lowest BCUT2D eigenvalue weighted by atomic mass is 10.1. The Hall–Kier alpha value is -3.06. The number of carbonyl (C=O) groups excluding carboxylic acids is 2. The van der Waals surface area contributed by atoms with Gasteiger partial charge in [-0.15, -0.1) is 11.8 Å². The molecule has 1 atom stereocenters. The largest absolute Gasteiger partial charge is 0.325 e. The van der Waals surface area contributed by atoms with E-state index in [4.69, 9.17) is 11.6 Å². The van der Waals surface area contributed by atoms with Crippen LogP contribution in [0.15, 0.2) is 112 Å². The zero-order valence-corrected chi connectivity index (χ0v) is 21.0. The van der Waals surface area contributed by atoms with Gasteiger partial charge in [-0.1, -0.05) is 63.9 Å². The van der Waals surface area contributed by atoms with E-state index >= 15 is 0 Å². The molecule has 4 rings (SSSR count). The Morgan fingerprint density at radius 3 is 2.09 bits per heavy atom. The summed E-state index contributed by atoms with van der Waals surface area (Å²) in [5.74, 6) is -0.351. The van der Waals surface area contributed by atoms with Crippen LogP contribution in [0.5, 0.6) is 0 Å². The van der Waals surface area contributed by atoms with E-state index < -0.39 is 5.25 Å². The number of hydrogen-bond acceptors (Lipinski definition) is 3. The highest BCUT2D eigenvalue weighted by Gasteiger charge is 2.22. The van der Waals surface area contributed by atoms with Crippen LogP contribution in [0, 0.1) is 0 Å². The third kappa shape index (κ3) is 6.50. The first-order valence-electron chi connectivity index (χ1n) is 10.4. The predicted octanol–water partition coefficient (Wildman–Crippen LogP) is 7.83. The standard InChI is InChI=1S/C27H20BrClN2O2S/c28-20-9-11-22(12-10-20)31-27(33)25(18-5-2-1-3-6-18)34-24-15-13-23(14-16-24)30-26(32)19-7-4-8-21(29)17-19/h1-17,25H,(H,30,32)(H,31,33). The molecule has 0 saturated carbocycles. The second kappa shape index (κ2) is 11.4. The summed E-state index contributed by atoms with van der Waals surface area (Å²) in [6.45, 7) is 0. The first-order valence-corrected chi connectivity index (χ1v) is 12.5. The summed E-state index contributed by atoms with van der Waals surface area (Å²) in [6, 6.07) is 31.3. The molecule has 7 heteroatoms. The average Bonchev–Trinajstić information content (AvgIpc) is 2.85. The molecule has 0 aliphatic heterocycles. The fourth-order valence-electron chi connectivity index (χ4n) is 3.23. The predicted molar refractivity (Wildman–Crippen MR) is 144 cm³/mol. The molecule has 0 saturated heterocycles. The molecule has 34 heavy (non-hydrogen) atoms. The van der Waals surface area contributed by atoms with Gasteiger partial charge in [0.1, 0.15) is 5.25 Å². The minimum absolute atomic E-state index is 0.114. The molecular weight excluding hydrogens is 532 g/mol. The lowest BCUT2D eigenvalue weighted by Crippen LogP contribution is -2.19. The van der Waals surface area contributed by atoms with Gasteiger partial charge in [0.25, 0.3) is 5.91 Å². The molecule has 1 unspecified atom stereocenters. The van der Waals surface area contributed by atoms with Gasteiger partial charge in [0.05, 0.1) is 0 Å². The molecule has 0 fully saturated rings. The number of carbonyl (C=O) groups is 2. The Labute approximate surface area is 215 Å². The summed E-state index contributed by atoms with van der Waals surface area (Å²) in [4.78, 5) is 26.6. The second-order valence-electron chi connectivity index (χ2n) is 7.39. The van der Waals surface area contributed by atoms with Crippen molar-refractivity contribution in [2.45, 2.75) is 10.1 Å². The van der Waals surface area contributed by atoms with Crippen LogP contribution in [0.3, 0.4) is 0 Å². The van der Waals surface area contributed by atoms with Crippen molar-refractivity contribution in [3.63, 3.8) is 0 Å². The number of anilines is 2. The summed E-state index contributed by atoms with van der Waals surface area (Å²) in [5.41, 5.74) is 2.78. The molecule has 4 aromatic carbocycles. The molecular formula is C27H20BrClN2O2S. The molecule has 0 aliphatic carbocycles. The van der Waals surface area contributed by atoms with Crippen LogP contribution in [0.2, 0.25) is 5.02 Å². The van der Waals surface area contributed by atoms with Gasteiger partial charge in [0.2, 0.25) is 5.91 Å². The third-order valence-electron chi connectivity index (χ3n) is 4.91. The average molecular weight is 552 g/mol. The van der Waals surface area contributed by atoms with Crippen LogP contribution in [-0.2, 0) is 4.79 Å². The molecule has 0 heterocycles. The topological polar surface area (TPSA) is 58.2 Å². The summed E-state index contributed by atoms with van der Waals surface area (Å²) in [5, 5.41) is 5.93. The molecule has 0 bridgehead atoms. The van der Waals surface area contributed by atoms with Crippen LogP contribution >= 0.6 is 39.3 Å². The van der Waals surface area contributed by atoms with Gasteiger partial charge in [-0.2, -0.15) is 0 Å². The number of nitrogens with one attached hydrogen (secondary N) is 2. The van der Waals surface area contributed by atoms with Crippen LogP contribution in [0.1, 0.15) is 21.2 Å². The maximum absolute atomic E-state index is 13.2. The number of rotatable bonds is 7. The minimum Gasteiger partial charge on any atom is -0.325 e. The van der Waals surface area contributed by atoms with Gasteiger partial charge in [-0.05, 0) is 72.3 Å². The number of halogens is 2. The Morgan fingerprint density at radius 1 is 0.765 bits per heavy atom. The Morgan fingerprint density at radius 2 is 1.41 bits per heavy atom. The van der Waals surface area contributed by atoms with E-state index in [0.29, 0.717) is 16.3 Å². The SMILES string of the molecule is O=C(Nc1ccc(SC(C(=O)Nc2ccc(Br)cc2)c2ccccc2)cc1)c1cccc(Cl)c1. The van der Waals surface area contributed by atoms with Crippen LogP contribution < -0.4 is 10.6 Å². The summed E-state index contributed by atoms with van der Waals surface area (Å²) in [6.07, 6.45) is 0. The highest BCUT2D eigenvalue weighted by Crippen LogP contribution is 2.36. The van der Waals surface area contributed by atoms with Crippen LogP contribution in [0.4, 0.5) is 11.4 Å². The van der Waals surface area contributed by atoms with Gasteiger partial charge < -0.3 is 10.6 Å². The van der Waals surface area contributed by atoms with E-state index in [0.717, 1.165) is 20.6 Å². The van der Waals surface area contributed by atoms with Gasteiger partial charge in [-0.25, -0.2) is 0 Å². The van der Waals surface area contributed by atoms with Crippen LogP contribution in [0.25, 0.3) is 0 Å². The molecule has 170 valence electrons. The van der Waals surface area contributed by atoms with E-state index in [1.165, 1.54) is 11.8 Å². The van der Waals surface area contributed by atoms with E-state index in [9.17, 15) is 9.59 Å². The highest BCUT2D eigenvalue weighted by molar-refractivity contribution is 9.10. The van der Waals surface area contributed by atoms with Crippen molar-refractivity contribution in [2.24, 2.45) is 0 Å². The fourth-order valence-corrected chi connectivity index (χ4v) is 4.71. The Kier molecular flexibility index (Phi) is 8.06. The number of benzene rings is 4. The van der Waals surface area contributed by atoms with E-state index in [1.807, 2.05) is 78.9 Å². The zero-order valence-electron chi connectivity index (χ0n) is 17.9. The molecule has 2 amide bonds. The second-order valence-corrected chi connectivity index (χ2v) is 9.92. The normalized spacial score (nSPS) is 11.5. The molecule has 4 nitrogen and oxygen atoms in total. The molecule has 0 aliphatic rings. The van der Waals surface area contributed by atoms with Crippen molar-refractivity contribution in [1.82, 2.24) is 0 Å². The van der Waals surface area contributed by atoms with Gasteiger partial charge in [-0.3, -0.25) is 9.59 Å². The first kappa shape index (κ1) is 24.1. The lowest BCUT2D eigenvalue weighted by Gasteiger charge is -2.17. The molecule has 0 radical (unpaired) electrons. The van der Waals surface area contributed by atoms with E-state index in [-0.39, 0.29) is 11.8 Å². The van der Waals surface area contributed by atoms with Gasteiger partial charge in [0, 0.05) is 31.3 Å². The number of amides is 2. The molecule has 2 N–H and O–H groups in total. The summed E-state index contributed by atoms with van der Waals surface area (Å²) in [7, 11) is 0. The lowest BCUT2D eigenvalue weighted by molar-refractivity contribution is -0.115. The fraction of sp³-hybridized carbons (Fsp3) is 0.0370. The van der Waals surface area contributed by atoms with Crippen molar-refractivity contribution < 1.29 is 9.59 Å². The molecule has 0 spiro atoms. The van der Waals surface area contributed by atoms with Crippen molar-refractivity contribution in [3.8, 4) is 0 Å². The number of thioether (sulfide) groups is 1. The minimum atomic E-state index is -0.447. The van der Waals surface area contributed by atoms with Crippen molar-refractivity contribution >= 4 is 62.5 Å². The van der Waals surface area contributed by atoms with Crippen LogP contribution in [-0.4, -0.2) is 11.8 Å². The Bertz CT molecular complexity index is 1280. The van der Waals surface area contributed by atoms with E-state index in [1.54, 1.807) is 24.3 Å². The molecule has 4 aromatic rings. The maximum atomic E-state index is 13.2. The van der Waals surface area contributed by atoms with Gasteiger partial charge in [0.15, 0.2) is 0 Å². The highest BCUT2D eigenvalue weighted by atomic mass is 79.9. The summed E-state index contributed by atoms with van der Waals surface area (Å²) >= 11 is 10.8. The van der Waals surface area contributed by atoms with Crippen molar-refractivity contribution in [1.29, 1.82) is 0 Å². The number of hydrogen-bond donors (Lipinski definition) is 2. The van der Waals surface area contributed by atoms with Gasteiger partial charge >= 0.3 is 0 Å². The Balaban J connectivity index is 1.48. The van der Waals surface area contributed by atoms with Crippen molar-refractivity contribution in [3.05, 3.63) is 124 Å². The smallest absolute Gasteiger partial charge is 0.255 e. The summed E-state index contributed by atoms with van der Waals surface area (Å²) < 4.78 is 0.946. The maximum Gasteiger partial charge on any atom is 0.255 e. The first-order chi connectivity index (χ1) is 16.5. The third-order valence-corrected chi connectivity index (χ3v) is 6.94. The zero-order chi connectivity index (χ0) is 23.9. The quantitative estimate of drug-likeness (QED) is 0.230. The van der Waals surface area contributed by atoms with E-state index in [2.05, 4.69) is 26.6 Å². The van der Waals surface area contributed by atoms with Crippen molar-refractivity contribution in [2.75, 3.05) is 10.6 Å². The monoisotopic (exact) mass is 550 g/mol. The molecule has 0 aromatic heterocycles.